The van der Waals surface area contributed by atoms with Crippen LogP contribution in [0.25, 0.3) is 10.9 Å². The predicted molar refractivity (Wildman–Crippen MR) is 161 cm³/mol. The second kappa shape index (κ2) is 14.7. The van der Waals surface area contributed by atoms with E-state index in [-0.39, 0.29) is 25.0 Å². The van der Waals surface area contributed by atoms with Gasteiger partial charge in [-0.2, -0.15) is 0 Å². The number of phenols is 1. The zero-order valence-electron chi connectivity index (χ0n) is 24.0. The van der Waals surface area contributed by atoms with E-state index in [4.69, 9.17) is 11.5 Å². The van der Waals surface area contributed by atoms with E-state index in [9.17, 15) is 34.2 Å². The Hall–Kier alpha value is -5.70. The van der Waals surface area contributed by atoms with Gasteiger partial charge in [-0.3, -0.25) is 19.2 Å². The van der Waals surface area contributed by atoms with E-state index in [1.54, 1.807) is 6.20 Å². The summed E-state index contributed by atoms with van der Waals surface area (Å²) in [5, 5.41) is 27.5. The minimum absolute atomic E-state index is 0.0255. The summed E-state index contributed by atoms with van der Waals surface area (Å²) in [5.41, 5.74) is 14.1. The number of imidazole rings is 1. The molecule has 0 radical (unpaired) electrons. The molecule has 11 N–H and O–H groups in total. The molecule has 15 nitrogen and oxygen atoms in total. The van der Waals surface area contributed by atoms with Crippen LogP contribution in [0, 0.1) is 0 Å². The van der Waals surface area contributed by atoms with Crippen LogP contribution in [0.2, 0.25) is 0 Å². The first-order chi connectivity index (χ1) is 21.5. The van der Waals surface area contributed by atoms with Crippen molar-refractivity contribution in [2.75, 3.05) is 0 Å². The van der Waals surface area contributed by atoms with Crippen LogP contribution in [0.1, 0.15) is 23.2 Å². The number of rotatable bonds is 15. The Bertz CT molecular complexity index is 1650. The van der Waals surface area contributed by atoms with E-state index < -0.39 is 60.2 Å². The third kappa shape index (κ3) is 8.90. The normalized spacial score (nSPS) is 13.7. The summed E-state index contributed by atoms with van der Waals surface area (Å²) >= 11 is 0. The Labute approximate surface area is 256 Å². The largest absolute Gasteiger partial charge is 0.508 e. The molecular weight excluding hydrogens is 584 g/mol. The molecule has 0 aliphatic rings. The lowest BCUT2D eigenvalue weighted by Crippen LogP contribution is -2.58. The number of carboxylic acid groups (broad SMARTS) is 1. The van der Waals surface area contributed by atoms with Crippen LogP contribution < -0.4 is 27.4 Å². The number of primary amides is 1. The number of aliphatic carboxylic acids is 1. The van der Waals surface area contributed by atoms with E-state index in [0.717, 1.165) is 16.5 Å². The highest BCUT2D eigenvalue weighted by atomic mass is 16.4. The van der Waals surface area contributed by atoms with Gasteiger partial charge in [-0.05, 0) is 35.7 Å². The van der Waals surface area contributed by atoms with Crippen molar-refractivity contribution < 1.29 is 34.2 Å². The number of carbonyl (C=O) groups is 5. The molecule has 0 aliphatic carbocycles. The molecule has 4 amide bonds. The van der Waals surface area contributed by atoms with Crippen molar-refractivity contribution in [1.82, 2.24) is 30.9 Å². The van der Waals surface area contributed by atoms with E-state index in [1.165, 1.54) is 36.8 Å². The SMILES string of the molecule is NC(=O)CC(NC(=O)C(Cc1ccc(O)cc1)NC(=O)C(Cc1cnc[nH]1)NC(=O)C(N)Cc1c[nH]c2ccccc12)C(=O)O. The van der Waals surface area contributed by atoms with Crippen LogP contribution in [0.15, 0.2) is 67.3 Å². The number of aromatic amines is 2. The van der Waals surface area contributed by atoms with E-state index in [1.807, 2.05) is 24.3 Å². The Kier molecular flexibility index (Phi) is 10.5. The van der Waals surface area contributed by atoms with Crippen LogP contribution in [0.3, 0.4) is 0 Å². The standard InChI is InChI=1S/C30H34N8O7/c31-21(10-17-13-34-22-4-2-1-3-20(17)22)27(41)36-24(11-18-14-33-15-35-18)29(43)37-23(9-16-5-7-19(39)8-6-16)28(42)38-25(30(44)45)12-26(32)40/h1-8,13-15,21,23-25,34,39H,9-12,31H2,(H2,32,40)(H,33,35)(H,36,41)(H,37,43)(H,38,42)(H,44,45). The lowest BCUT2D eigenvalue weighted by molar-refractivity contribution is -0.143. The Balaban J connectivity index is 1.53. The molecule has 2 aromatic carbocycles. The highest BCUT2D eigenvalue weighted by Crippen LogP contribution is 2.19. The molecule has 4 atom stereocenters. The van der Waals surface area contributed by atoms with Gasteiger partial charge in [0.05, 0.1) is 18.8 Å². The van der Waals surface area contributed by atoms with Gasteiger partial charge in [0.1, 0.15) is 23.9 Å². The van der Waals surface area contributed by atoms with Crippen molar-refractivity contribution >= 4 is 40.5 Å². The molecular formula is C30H34N8O7. The van der Waals surface area contributed by atoms with Crippen LogP contribution in [0.5, 0.6) is 5.75 Å². The Morgan fingerprint density at radius 3 is 2.11 bits per heavy atom. The summed E-state index contributed by atoms with van der Waals surface area (Å²) in [5.74, 6) is -4.77. The summed E-state index contributed by atoms with van der Waals surface area (Å²) < 4.78 is 0. The second-order valence-corrected chi connectivity index (χ2v) is 10.5. The molecule has 236 valence electrons. The van der Waals surface area contributed by atoms with Crippen molar-refractivity contribution in [3.05, 3.63) is 84.1 Å². The summed E-state index contributed by atoms with van der Waals surface area (Å²) in [7, 11) is 0. The average Bonchev–Trinajstić information content (AvgIpc) is 3.67. The van der Waals surface area contributed by atoms with Crippen molar-refractivity contribution in [3.8, 4) is 5.75 Å². The number of para-hydroxylation sites is 1. The van der Waals surface area contributed by atoms with Gasteiger partial charge in [0.2, 0.25) is 23.6 Å². The van der Waals surface area contributed by atoms with E-state index >= 15 is 0 Å². The van der Waals surface area contributed by atoms with Crippen molar-refractivity contribution in [2.45, 2.75) is 49.9 Å². The number of benzene rings is 2. The number of nitrogens with two attached hydrogens (primary N) is 2. The molecule has 45 heavy (non-hydrogen) atoms. The minimum Gasteiger partial charge on any atom is -0.508 e. The maximum absolute atomic E-state index is 13.7. The fraction of sp³-hybridized carbons (Fsp3) is 0.267. The van der Waals surface area contributed by atoms with Gasteiger partial charge < -0.3 is 47.6 Å². The maximum atomic E-state index is 13.7. The summed E-state index contributed by atoms with van der Waals surface area (Å²) in [6.45, 7) is 0. The molecule has 2 heterocycles. The van der Waals surface area contributed by atoms with Gasteiger partial charge in [0, 0.05) is 41.8 Å². The van der Waals surface area contributed by atoms with Gasteiger partial charge >= 0.3 is 5.97 Å². The average molecular weight is 619 g/mol. The van der Waals surface area contributed by atoms with Crippen LogP contribution >= 0.6 is 0 Å². The zero-order valence-corrected chi connectivity index (χ0v) is 24.0. The number of nitrogens with one attached hydrogen (secondary N) is 5. The number of H-pyrrole nitrogens is 2. The number of hydrogen-bond donors (Lipinski definition) is 9. The van der Waals surface area contributed by atoms with E-state index in [2.05, 4.69) is 30.9 Å². The fourth-order valence-electron chi connectivity index (χ4n) is 4.76. The number of phenolic OH excluding ortho intramolecular Hbond substituents is 1. The molecule has 0 fully saturated rings. The molecule has 15 heteroatoms. The number of carboxylic acids is 1. The predicted octanol–water partition coefficient (Wildman–Crippen LogP) is -0.634. The van der Waals surface area contributed by atoms with Crippen molar-refractivity contribution in [1.29, 1.82) is 0 Å². The van der Waals surface area contributed by atoms with Gasteiger partial charge in [-0.1, -0.05) is 30.3 Å². The molecule has 0 bridgehead atoms. The highest BCUT2D eigenvalue weighted by molar-refractivity contribution is 5.95. The summed E-state index contributed by atoms with van der Waals surface area (Å²) in [4.78, 5) is 73.2. The number of aromatic hydroxyl groups is 1. The third-order valence-corrected chi connectivity index (χ3v) is 7.09. The number of fused-ring (bicyclic) bond motifs is 1. The summed E-state index contributed by atoms with van der Waals surface area (Å²) in [6.07, 6.45) is 3.99. The third-order valence-electron chi connectivity index (χ3n) is 7.09. The van der Waals surface area contributed by atoms with Crippen LogP contribution in [-0.4, -0.2) is 78.9 Å². The molecule has 4 rings (SSSR count). The van der Waals surface area contributed by atoms with Gasteiger partial charge in [-0.15, -0.1) is 0 Å². The number of carbonyl (C=O) groups excluding carboxylic acids is 4. The van der Waals surface area contributed by atoms with Crippen molar-refractivity contribution in [3.63, 3.8) is 0 Å². The Morgan fingerprint density at radius 2 is 1.47 bits per heavy atom. The lowest BCUT2D eigenvalue weighted by Gasteiger charge is -2.25. The first-order valence-electron chi connectivity index (χ1n) is 14.0. The van der Waals surface area contributed by atoms with Crippen LogP contribution in [-0.2, 0) is 43.2 Å². The summed E-state index contributed by atoms with van der Waals surface area (Å²) in [6, 6.07) is 8.12. The molecule has 0 saturated carbocycles. The number of hydrogen-bond acceptors (Lipinski definition) is 8. The minimum atomic E-state index is -1.64. The second-order valence-electron chi connectivity index (χ2n) is 10.5. The smallest absolute Gasteiger partial charge is 0.326 e. The highest BCUT2D eigenvalue weighted by Gasteiger charge is 2.31. The Morgan fingerprint density at radius 1 is 0.822 bits per heavy atom. The lowest BCUT2D eigenvalue weighted by atomic mass is 10.0. The topological polar surface area (TPSA) is 258 Å². The fourth-order valence-corrected chi connectivity index (χ4v) is 4.76. The molecule has 0 saturated heterocycles. The number of nitrogens with zero attached hydrogens (tertiary/aromatic N) is 1. The van der Waals surface area contributed by atoms with E-state index in [0.29, 0.717) is 11.3 Å². The first-order valence-corrected chi connectivity index (χ1v) is 14.0. The van der Waals surface area contributed by atoms with Gasteiger partial charge in [-0.25, -0.2) is 9.78 Å². The van der Waals surface area contributed by atoms with Gasteiger partial charge in [0.25, 0.3) is 0 Å². The molecule has 2 aromatic heterocycles. The first kappa shape index (κ1) is 32.2. The molecule has 4 aromatic rings. The molecule has 0 spiro atoms. The molecule has 0 aliphatic heterocycles. The number of aromatic nitrogens is 3. The monoisotopic (exact) mass is 618 g/mol. The van der Waals surface area contributed by atoms with Gasteiger partial charge in [0.15, 0.2) is 0 Å². The molecule has 4 unspecified atom stereocenters. The quantitative estimate of drug-likeness (QED) is 0.0820. The van der Waals surface area contributed by atoms with Crippen LogP contribution in [0.4, 0.5) is 0 Å². The zero-order chi connectivity index (χ0) is 32.5. The number of amides is 4. The maximum Gasteiger partial charge on any atom is 0.326 e. The van der Waals surface area contributed by atoms with Crippen molar-refractivity contribution in [2.24, 2.45) is 11.5 Å².